The maximum atomic E-state index is 10.7. The van der Waals surface area contributed by atoms with Gasteiger partial charge in [0.25, 0.3) is 0 Å². The molecule has 1 aromatic carbocycles. The minimum atomic E-state index is -0.823. The molecule has 5 heteroatoms. The number of carboxylic acid groups (broad SMARTS) is 1. The maximum absolute atomic E-state index is 10.7. The van der Waals surface area contributed by atoms with Crippen LogP contribution >= 0.6 is 27.3 Å². The highest BCUT2D eigenvalue weighted by atomic mass is 79.9. The molecule has 0 bridgehead atoms. The summed E-state index contributed by atoms with van der Waals surface area (Å²) in [6.45, 7) is 3.87. The van der Waals surface area contributed by atoms with Gasteiger partial charge in [0, 0.05) is 14.9 Å². The Hall–Kier alpha value is -1.20. The van der Waals surface area contributed by atoms with Crippen molar-refractivity contribution in [2.45, 2.75) is 20.3 Å². The van der Waals surface area contributed by atoms with Gasteiger partial charge in [-0.3, -0.25) is 4.79 Å². The van der Waals surface area contributed by atoms with E-state index in [9.17, 15) is 4.79 Å². The molecule has 0 radical (unpaired) electrons. The molecule has 0 aliphatic rings. The van der Waals surface area contributed by atoms with Gasteiger partial charge in [0.2, 0.25) is 0 Å². The van der Waals surface area contributed by atoms with Crippen LogP contribution < -0.4 is 0 Å². The fourth-order valence-corrected chi connectivity index (χ4v) is 3.54. The summed E-state index contributed by atoms with van der Waals surface area (Å²) in [5, 5.41) is 9.69. The number of nitrogens with zero attached hydrogens (tertiary/aromatic N) is 1. The Bertz CT molecular complexity index is 607. The van der Waals surface area contributed by atoms with E-state index in [1.807, 2.05) is 32.0 Å². The molecular weight excluding hydrogens is 314 g/mol. The standard InChI is InChI=1S/C13H12BrNO2S/c1-7-3-4-9(10(14)5-7)13-15-8(2)11(18-13)6-12(16)17/h3-5H,6H2,1-2H3,(H,16,17). The molecule has 1 N–H and O–H groups in total. The van der Waals surface area contributed by atoms with Gasteiger partial charge in [-0.2, -0.15) is 0 Å². The van der Waals surface area contributed by atoms with E-state index < -0.39 is 5.97 Å². The second kappa shape index (κ2) is 5.20. The average Bonchev–Trinajstić information content (AvgIpc) is 2.59. The van der Waals surface area contributed by atoms with Crippen LogP contribution in [-0.4, -0.2) is 16.1 Å². The molecule has 0 spiro atoms. The molecule has 2 rings (SSSR count). The zero-order valence-corrected chi connectivity index (χ0v) is 12.4. The van der Waals surface area contributed by atoms with Crippen molar-refractivity contribution in [3.63, 3.8) is 0 Å². The highest BCUT2D eigenvalue weighted by Crippen LogP contribution is 2.33. The van der Waals surface area contributed by atoms with Crippen molar-refractivity contribution in [1.82, 2.24) is 4.98 Å². The molecule has 1 aromatic heterocycles. The van der Waals surface area contributed by atoms with E-state index >= 15 is 0 Å². The first-order valence-corrected chi connectivity index (χ1v) is 7.03. The summed E-state index contributed by atoms with van der Waals surface area (Å²) < 4.78 is 0.984. The van der Waals surface area contributed by atoms with Gasteiger partial charge in [-0.1, -0.05) is 28.1 Å². The van der Waals surface area contributed by atoms with Gasteiger partial charge in [-0.25, -0.2) is 4.98 Å². The smallest absolute Gasteiger partial charge is 0.308 e. The van der Waals surface area contributed by atoms with Crippen molar-refractivity contribution in [3.05, 3.63) is 38.8 Å². The summed E-state index contributed by atoms with van der Waals surface area (Å²) in [5.74, 6) is -0.823. The lowest BCUT2D eigenvalue weighted by Crippen LogP contribution is -1.99. The van der Waals surface area contributed by atoms with E-state index in [1.54, 1.807) is 0 Å². The molecular formula is C13H12BrNO2S. The van der Waals surface area contributed by atoms with Crippen molar-refractivity contribution >= 4 is 33.2 Å². The predicted molar refractivity (Wildman–Crippen MR) is 76.1 cm³/mol. The summed E-state index contributed by atoms with van der Waals surface area (Å²) in [5.41, 5.74) is 2.97. The Balaban J connectivity index is 2.42. The molecule has 0 aliphatic carbocycles. The second-order valence-corrected chi connectivity index (χ2v) is 6.02. The SMILES string of the molecule is Cc1ccc(-c2nc(C)c(CC(=O)O)s2)c(Br)c1. The van der Waals surface area contributed by atoms with Crippen molar-refractivity contribution in [2.24, 2.45) is 0 Å². The van der Waals surface area contributed by atoms with E-state index in [0.717, 1.165) is 25.6 Å². The first kappa shape index (κ1) is 13.2. The molecule has 0 fully saturated rings. The van der Waals surface area contributed by atoms with Crippen LogP contribution in [0.3, 0.4) is 0 Å². The van der Waals surface area contributed by atoms with E-state index in [4.69, 9.17) is 5.11 Å². The van der Waals surface area contributed by atoms with Crippen LogP contribution in [0.4, 0.5) is 0 Å². The number of hydrogen-bond acceptors (Lipinski definition) is 3. The Morgan fingerprint density at radius 1 is 1.44 bits per heavy atom. The van der Waals surface area contributed by atoms with Gasteiger partial charge in [0.1, 0.15) is 5.01 Å². The molecule has 18 heavy (non-hydrogen) atoms. The van der Waals surface area contributed by atoms with Crippen molar-refractivity contribution in [3.8, 4) is 10.6 Å². The van der Waals surface area contributed by atoms with Gasteiger partial charge in [0.15, 0.2) is 0 Å². The lowest BCUT2D eigenvalue weighted by Gasteiger charge is -2.01. The summed E-state index contributed by atoms with van der Waals surface area (Å²) in [7, 11) is 0. The Kier molecular flexibility index (Phi) is 3.82. The van der Waals surface area contributed by atoms with Gasteiger partial charge < -0.3 is 5.11 Å². The number of carbonyl (C=O) groups is 1. The third-order valence-corrected chi connectivity index (χ3v) is 4.41. The molecule has 0 unspecified atom stereocenters. The zero-order valence-electron chi connectivity index (χ0n) is 10.0. The third-order valence-electron chi connectivity index (χ3n) is 2.56. The molecule has 0 atom stereocenters. The number of aliphatic carboxylic acids is 1. The number of thiazole rings is 1. The Labute approximate surface area is 118 Å². The first-order valence-electron chi connectivity index (χ1n) is 5.42. The molecule has 0 saturated heterocycles. The van der Waals surface area contributed by atoms with E-state index in [1.165, 1.54) is 16.9 Å². The zero-order chi connectivity index (χ0) is 13.3. The minimum Gasteiger partial charge on any atom is -0.481 e. The topological polar surface area (TPSA) is 50.2 Å². The monoisotopic (exact) mass is 325 g/mol. The highest BCUT2D eigenvalue weighted by Gasteiger charge is 2.13. The summed E-state index contributed by atoms with van der Waals surface area (Å²) in [6.07, 6.45) is 0.0347. The number of rotatable bonds is 3. The Morgan fingerprint density at radius 2 is 2.17 bits per heavy atom. The van der Waals surface area contributed by atoms with Crippen molar-refractivity contribution in [2.75, 3.05) is 0 Å². The van der Waals surface area contributed by atoms with Gasteiger partial charge in [-0.15, -0.1) is 11.3 Å². The molecule has 3 nitrogen and oxygen atoms in total. The molecule has 2 aromatic rings. The number of halogens is 1. The molecule has 0 saturated carbocycles. The molecule has 1 heterocycles. The van der Waals surface area contributed by atoms with Crippen molar-refractivity contribution in [1.29, 1.82) is 0 Å². The maximum Gasteiger partial charge on any atom is 0.308 e. The van der Waals surface area contributed by atoms with Crippen molar-refractivity contribution < 1.29 is 9.90 Å². The quantitative estimate of drug-likeness (QED) is 0.933. The third kappa shape index (κ3) is 2.79. The van der Waals surface area contributed by atoms with Crippen LogP contribution in [0.2, 0.25) is 0 Å². The molecule has 0 aliphatic heterocycles. The van der Waals surface area contributed by atoms with Gasteiger partial charge >= 0.3 is 5.97 Å². The van der Waals surface area contributed by atoms with E-state index in [0.29, 0.717) is 0 Å². The van der Waals surface area contributed by atoms with Crippen LogP contribution in [-0.2, 0) is 11.2 Å². The second-order valence-electron chi connectivity index (χ2n) is 4.08. The van der Waals surface area contributed by atoms with Crippen LogP contribution in [0.25, 0.3) is 10.6 Å². The molecule has 94 valence electrons. The normalized spacial score (nSPS) is 10.6. The van der Waals surface area contributed by atoms with Gasteiger partial charge in [-0.05, 0) is 25.5 Å². The number of aromatic nitrogens is 1. The lowest BCUT2D eigenvalue weighted by molar-refractivity contribution is -0.136. The highest BCUT2D eigenvalue weighted by molar-refractivity contribution is 9.10. The summed E-state index contributed by atoms with van der Waals surface area (Å²) in [4.78, 5) is 16.0. The van der Waals surface area contributed by atoms with Crippen LogP contribution in [0.5, 0.6) is 0 Å². The Morgan fingerprint density at radius 3 is 2.78 bits per heavy atom. The molecule has 0 amide bonds. The van der Waals surface area contributed by atoms with E-state index in [-0.39, 0.29) is 6.42 Å². The first-order chi connectivity index (χ1) is 8.47. The minimum absolute atomic E-state index is 0.0347. The summed E-state index contributed by atoms with van der Waals surface area (Å²) in [6, 6.07) is 6.05. The van der Waals surface area contributed by atoms with Gasteiger partial charge in [0.05, 0.1) is 12.1 Å². The van der Waals surface area contributed by atoms with Crippen LogP contribution in [0.15, 0.2) is 22.7 Å². The lowest BCUT2D eigenvalue weighted by atomic mass is 10.2. The largest absolute Gasteiger partial charge is 0.481 e. The van der Waals surface area contributed by atoms with Crippen LogP contribution in [0.1, 0.15) is 16.1 Å². The average molecular weight is 326 g/mol. The number of carboxylic acids is 1. The number of aryl methyl sites for hydroxylation is 2. The predicted octanol–water partition coefficient (Wildman–Crippen LogP) is 3.82. The van der Waals surface area contributed by atoms with Crippen LogP contribution in [0, 0.1) is 13.8 Å². The fraction of sp³-hybridized carbons (Fsp3) is 0.231. The summed E-state index contributed by atoms with van der Waals surface area (Å²) >= 11 is 4.96. The fourth-order valence-electron chi connectivity index (χ4n) is 1.64. The number of benzene rings is 1. The van der Waals surface area contributed by atoms with E-state index in [2.05, 4.69) is 20.9 Å². The number of hydrogen-bond donors (Lipinski definition) is 1.